The lowest BCUT2D eigenvalue weighted by atomic mass is 10.1. The van der Waals surface area contributed by atoms with Crippen molar-refractivity contribution in [1.82, 2.24) is 4.98 Å². The van der Waals surface area contributed by atoms with E-state index in [1.807, 2.05) is 19.1 Å². The molecule has 0 aliphatic carbocycles. The van der Waals surface area contributed by atoms with Gasteiger partial charge >= 0.3 is 0 Å². The van der Waals surface area contributed by atoms with E-state index in [4.69, 9.17) is 18.0 Å². The zero-order valence-corrected chi connectivity index (χ0v) is 14.0. The van der Waals surface area contributed by atoms with Crippen LogP contribution in [-0.2, 0) is 0 Å². The zero-order chi connectivity index (χ0) is 14.9. The van der Waals surface area contributed by atoms with Crippen molar-refractivity contribution in [2.45, 2.75) is 20.8 Å². The second-order valence-electron chi connectivity index (χ2n) is 4.80. The molecule has 0 unspecified atom stereocenters. The molecule has 0 spiro atoms. The number of benzene rings is 1. The van der Waals surface area contributed by atoms with Crippen molar-refractivity contribution in [3.8, 4) is 0 Å². The van der Waals surface area contributed by atoms with Crippen LogP contribution in [0.25, 0.3) is 0 Å². The molecule has 3 N–H and O–H groups in total. The smallest absolute Gasteiger partial charge is 0.131 e. The Hall–Kier alpha value is -1.46. The molecular weight excluding hydrogens is 334 g/mol. The van der Waals surface area contributed by atoms with Gasteiger partial charge in [-0.3, -0.25) is 0 Å². The van der Waals surface area contributed by atoms with E-state index in [1.54, 1.807) is 0 Å². The summed E-state index contributed by atoms with van der Waals surface area (Å²) in [4.78, 5) is 4.83. The van der Waals surface area contributed by atoms with Crippen LogP contribution in [0.2, 0.25) is 0 Å². The van der Waals surface area contributed by atoms with Crippen molar-refractivity contribution in [3.05, 3.63) is 51.1 Å². The summed E-state index contributed by atoms with van der Waals surface area (Å²) >= 11 is 8.58. The third kappa shape index (κ3) is 3.35. The van der Waals surface area contributed by atoms with Crippen LogP contribution in [0.3, 0.4) is 0 Å². The van der Waals surface area contributed by atoms with Gasteiger partial charge in [0, 0.05) is 21.4 Å². The van der Waals surface area contributed by atoms with E-state index in [9.17, 15) is 0 Å². The number of nitrogens with one attached hydrogen (secondary N) is 1. The maximum atomic E-state index is 5.68. The molecule has 2 rings (SSSR count). The summed E-state index contributed by atoms with van der Waals surface area (Å²) in [7, 11) is 0. The molecule has 0 aliphatic heterocycles. The third-order valence-corrected chi connectivity index (χ3v) is 4.43. The fourth-order valence-electron chi connectivity index (χ4n) is 2.04. The van der Waals surface area contributed by atoms with Crippen molar-refractivity contribution in [1.29, 1.82) is 0 Å². The van der Waals surface area contributed by atoms with Gasteiger partial charge in [-0.2, -0.15) is 0 Å². The van der Waals surface area contributed by atoms with Crippen molar-refractivity contribution >= 4 is 44.6 Å². The predicted octanol–water partition coefficient (Wildman–Crippen LogP) is 4.15. The summed E-state index contributed by atoms with van der Waals surface area (Å²) < 4.78 is 1.13. The minimum atomic E-state index is 0.377. The first-order valence-electron chi connectivity index (χ1n) is 6.19. The first-order valence-corrected chi connectivity index (χ1v) is 7.39. The lowest BCUT2D eigenvalue weighted by Crippen LogP contribution is -2.10. The van der Waals surface area contributed by atoms with E-state index in [0.717, 1.165) is 27.2 Å². The van der Waals surface area contributed by atoms with Crippen LogP contribution in [-0.4, -0.2) is 9.97 Å². The van der Waals surface area contributed by atoms with Gasteiger partial charge in [-0.25, -0.2) is 4.98 Å². The van der Waals surface area contributed by atoms with Crippen LogP contribution in [0.5, 0.6) is 0 Å². The Morgan fingerprint density at radius 1 is 1.15 bits per heavy atom. The van der Waals surface area contributed by atoms with E-state index in [0.29, 0.717) is 4.99 Å². The minimum Gasteiger partial charge on any atom is -0.389 e. The molecule has 0 radical (unpaired) electrons. The number of thiocarbonyl (C=S) groups is 1. The summed E-state index contributed by atoms with van der Waals surface area (Å²) in [5.41, 5.74) is 10.7. The van der Waals surface area contributed by atoms with Crippen LogP contribution >= 0.6 is 28.1 Å². The second-order valence-corrected chi connectivity index (χ2v) is 6.03. The number of aromatic nitrogens is 1. The molecule has 0 amide bonds. The molecule has 0 bridgehead atoms. The SMILES string of the molecule is Cc1cc(C(N)=S)cc(Nc2cc(C)c(Br)c(C)c2)n1. The molecule has 0 saturated carbocycles. The van der Waals surface area contributed by atoms with Gasteiger partial charge in [-0.05, 0) is 56.2 Å². The standard InChI is InChI=1S/C15H16BrN3S/c1-8-4-12(5-9(2)14(8)16)19-13-7-11(15(17)20)6-10(3)18-13/h4-7H,1-3H3,(H2,17,20)(H,18,19). The Balaban J connectivity index is 2.37. The minimum absolute atomic E-state index is 0.377. The number of pyridine rings is 1. The largest absolute Gasteiger partial charge is 0.389 e. The highest BCUT2D eigenvalue weighted by molar-refractivity contribution is 9.10. The molecule has 1 heterocycles. The average Bonchev–Trinajstić information content (AvgIpc) is 2.35. The van der Waals surface area contributed by atoms with E-state index in [1.165, 1.54) is 11.1 Å². The van der Waals surface area contributed by atoms with Gasteiger partial charge in [-0.15, -0.1) is 0 Å². The van der Waals surface area contributed by atoms with E-state index < -0.39 is 0 Å². The number of anilines is 2. The number of hydrogen-bond donors (Lipinski definition) is 2. The van der Waals surface area contributed by atoms with Gasteiger partial charge < -0.3 is 11.1 Å². The third-order valence-electron chi connectivity index (χ3n) is 2.95. The zero-order valence-electron chi connectivity index (χ0n) is 11.6. The Morgan fingerprint density at radius 2 is 1.75 bits per heavy atom. The van der Waals surface area contributed by atoms with Crippen molar-refractivity contribution in [3.63, 3.8) is 0 Å². The highest BCUT2D eigenvalue weighted by Crippen LogP contribution is 2.26. The lowest BCUT2D eigenvalue weighted by molar-refractivity contribution is 1.19. The molecule has 1 aromatic carbocycles. The van der Waals surface area contributed by atoms with Crippen LogP contribution in [0.15, 0.2) is 28.7 Å². The van der Waals surface area contributed by atoms with Crippen molar-refractivity contribution in [2.24, 2.45) is 5.73 Å². The van der Waals surface area contributed by atoms with Crippen LogP contribution in [0, 0.1) is 20.8 Å². The summed E-state index contributed by atoms with van der Waals surface area (Å²) in [5.74, 6) is 0.744. The molecule has 2 aromatic rings. The molecule has 1 aromatic heterocycles. The van der Waals surface area contributed by atoms with Gasteiger partial charge in [-0.1, -0.05) is 28.1 Å². The van der Waals surface area contributed by atoms with Crippen LogP contribution < -0.4 is 11.1 Å². The van der Waals surface area contributed by atoms with E-state index in [-0.39, 0.29) is 0 Å². The quantitative estimate of drug-likeness (QED) is 0.817. The number of halogens is 1. The van der Waals surface area contributed by atoms with Gasteiger partial charge in [0.1, 0.15) is 10.8 Å². The normalized spacial score (nSPS) is 10.4. The Morgan fingerprint density at radius 3 is 2.30 bits per heavy atom. The highest BCUT2D eigenvalue weighted by atomic mass is 79.9. The summed E-state index contributed by atoms with van der Waals surface area (Å²) in [6.07, 6.45) is 0. The van der Waals surface area contributed by atoms with Gasteiger partial charge in [0.2, 0.25) is 0 Å². The predicted molar refractivity (Wildman–Crippen MR) is 91.8 cm³/mol. The maximum absolute atomic E-state index is 5.68. The molecule has 104 valence electrons. The molecule has 0 saturated heterocycles. The number of nitrogens with two attached hydrogens (primary N) is 1. The van der Waals surface area contributed by atoms with Gasteiger partial charge in [0.15, 0.2) is 0 Å². The Labute approximate surface area is 132 Å². The summed E-state index contributed by atoms with van der Waals surface area (Å²) in [6, 6.07) is 7.89. The molecule has 5 heteroatoms. The molecule has 0 fully saturated rings. The number of aryl methyl sites for hydroxylation is 3. The Bertz CT molecular complexity index is 660. The average molecular weight is 350 g/mol. The van der Waals surface area contributed by atoms with Crippen LogP contribution in [0.1, 0.15) is 22.4 Å². The monoisotopic (exact) mass is 349 g/mol. The number of hydrogen-bond acceptors (Lipinski definition) is 3. The van der Waals surface area contributed by atoms with Crippen molar-refractivity contribution < 1.29 is 0 Å². The Kier molecular flexibility index (Phi) is 4.40. The van der Waals surface area contributed by atoms with Crippen LogP contribution in [0.4, 0.5) is 11.5 Å². The highest BCUT2D eigenvalue weighted by Gasteiger charge is 2.06. The van der Waals surface area contributed by atoms with E-state index >= 15 is 0 Å². The first kappa shape index (κ1) is 14.9. The number of rotatable bonds is 3. The second kappa shape index (κ2) is 5.89. The van der Waals surface area contributed by atoms with Gasteiger partial charge in [0.05, 0.1) is 0 Å². The topological polar surface area (TPSA) is 50.9 Å². The molecule has 3 nitrogen and oxygen atoms in total. The summed E-state index contributed by atoms with van der Waals surface area (Å²) in [5, 5.41) is 3.30. The van der Waals surface area contributed by atoms with E-state index in [2.05, 4.69) is 52.2 Å². The molecule has 20 heavy (non-hydrogen) atoms. The first-order chi connectivity index (χ1) is 9.36. The number of nitrogens with zero attached hydrogens (tertiary/aromatic N) is 1. The fourth-order valence-corrected chi connectivity index (χ4v) is 2.39. The molecule has 0 atom stereocenters. The van der Waals surface area contributed by atoms with Gasteiger partial charge in [0.25, 0.3) is 0 Å². The summed E-state index contributed by atoms with van der Waals surface area (Å²) in [6.45, 7) is 6.05. The molecular formula is C15H16BrN3S. The van der Waals surface area contributed by atoms with Crippen molar-refractivity contribution in [2.75, 3.05) is 5.32 Å². The maximum Gasteiger partial charge on any atom is 0.131 e. The molecule has 0 aliphatic rings. The fraction of sp³-hybridized carbons (Fsp3) is 0.200. The lowest BCUT2D eigenvalue weighted by Gasteiger charge is -2.11.